The first kappa shape index (κ1) is 38.3. The molecule has 3 fully saturated rings. The van der Waals surface area contributed by atoms with Crippen molar-refractivity contribution in [1.82, 2.24) is 25.2 Å². The number of pyridine rings is 1. The molecule has 2 aliphatic carbocycles. The number of benzene rings is 1. The Kier molecular flexibility index (Phi) is 10.4. The summed E-state index contributed by atoms with van der Waals surface area (Å²) >= 11 is 6.32. The van der Waals surface area contributed by atoms with Gasteiger partial charge in [0, 0.05) is 34.7 Å². The quantitative estimate of drug-likeness (QED) is 0.284. The van der Waals surface area contributed by atoms with Crippen LogP contribution in [0.25, 0.3) is 10.8 Å². The molecule has 278 valence electrons. The van der Waals surface area contributed by atoms with E-state index in [1.54, 1.807) is 70.7 Å². The Morgan fingerprint density at radius 3 is 2.37 bits per heavy atom. The molecular weight excluding hydrogens is 702 g/mol. The Balaban J connectivity index is 1.46. The molecular formula is C35H46ClN5O9S. The summed E-state index contributed by atoms with van der Waals surface area (Å²) in [6.07, 6.45) is 2.57. The highest BCUT2D eigenvalue weighted by atomic mass is 35.5. The topological polar surface area (TPSA) is 182 Å². The van der Waals surface area contributed by atoms with Crippen LogP contribution in [0.1, 0.15) is 67.2 Å². The lowest BCUT2D eigenvalue weighted by Crippen LogP contribution is -2.60. The van der Waals surface area contributed by atoms with Gasteiger partial charge >= 0.3 is 6.09 Å². The second-order valence-electron chi connectivity index (χ2n) is 15.4. The fourth-order valence-corrected chi connectivity index (χ4v) is 8.02. The molecule has 0 radical (unpaired) electrons. The highest BCUT2D eigenvalue weighted by Gasteiger charge is 2.67. The number of hydrogen-bond acceptors (Lipinski definition) is 11. The van der Waals surface area contributed by atoms with Crippen molar-refractivity contribution in [3.8, 4) is 11.6 Å². The number of nitrogens with one attached hydrogen (secondary N) is 3. The molecule has 5 rings (SSSR count). The van der Waals surface area contributed by atoms with Crippen molar-refractivity contribution < 1.29 is 41.8 Å². The van der Waals surface area contributed by atoms with Crippen molar-refractivity contribution in [2.45, 2.75) is 102 Å². The number of imide groups is 1. The summed E-state index contributed by atoms with van der Waals surface area (Å²) in [6, 6.07) is 2.83. The van der Waals surface area contributed by atoms with E-state index >= 15 is 0 Å². The number of fused-ring (bicyclic) bond motifs is 1. The molecule has 2 heterocycles. The van der Waals surface area contributed by atoms with E-state index in [4.69, 9.17) is 25.8 Å². The minimum Gasteiger partial charge on any atom is -0.494 e. The van der Waals surface area contributed by atoms with E-state index in [1.807, 2.05) is 0 Å². The number of carbonyl (C=O) groups excluding carboxylic acids is 4. The highest BCUT2D eigenvalue weighted by molar-refractivity contribution is 7.91. The Labute approximate surface area is 303 Å². The molecule has 1 aromatic carbocycles. The van der Waals surface area contributed by atoms with Crippen LogP contribution in [0.2, 0.25) is 5.02 Å². The molecule has 16 heteroatoms. The van der Waals surface area contributed by atoms with Crippen molar-refractivity contribution in [1.29, 1.82) is 0 Å². The van der Waals surface area contributed by atoms with Gasteiger partial charge in [-0.1, -0.05) is 38.4 Å². The SMILES string of the molecule is C=C[C@@H]1C[C@@]1(C(=O)NS(=O)(=O)C1CC1)N1C[C@H](Oc2ncc(OC)c3ccc(Cl)cc23)C[C@H]1C(=O)NC(=O)[C@@H](NC(=O)OC(C)(C)C)C(C)(C)C. The van der Waals surface area contributed by atoms with Crippen molar-refractivity contribution in [3.05, 3.63) is 42.1 Å². The van der Waals surface area contributed by atoms with Crippen LogP contribution in [0, 0.1) is 11.3 Å². The van der Waals surface area contributed by atoms with Crippen LogP contribution < -0.4 is 24.8 Å². The minimum atomic E-state index is -3.93. The van der Waals surface area contributed by atoms with E-state index in [0.29, 0.717) is 34.4 Å². The first-order valence-electron chi connectivity index (χ1n) is 16.8. The van der Waals surface area contributed by atoms with Gasteiger partial charge in [0.15, 0.2) is 0 Å². The number of amides is 4. The molecule has 1 saturated heterocycles. The summed E-state index contributed by atoms with van der Waals surface area (Å²) in [5, 5.41) is 6.03. The maximum atomic E-state index is 14.1. The smallest absolute Gasteiger partial charge is 0.408 e. The summed E-state index contributed by atoms with van der Waals surface area (Å²) in [4.78, 5) is 60.5. The van der Waals surface area contributed by atoms with Crippen molar-refractivity contribution in [3.63, 3.8) is 0 Å². The zero-order valence-electron chi connectivity index (χ0n) is 29.9. The number of sulfonamides is 1. The highest BCUT2D eigenvalue weighted by Crippen LogP contribution is 2.53. The van der Waals surface area contributed by atoms with Crippen LogP contribution in [0.15, 0.2) is 37.1 Å². The van der Waals surface area contributed by atoms with Crippen LogP contribution in [0.3, 0.4) is 0 Å². The summed E-state index contributed by atoms with van der Waals surface area (Å²) in [5.74, 6) is -2.12. The fraction of sp³-hybridized carbons (Fsp3) is 0.571. The number of aromatic nitrogens is 1. The van der Waals surface area contributed by atoms with E-state index in [9.17, 15) is 27.6 Å². The number of carbonyl (C=O) groups is 4. The second-order valence-corrected chi connectivity index (χ2v) is 17.8. The zero-order valence-corrected chi connectivity index (χ0v) is 31.4. The van der Waals surface area contributed by atoms with Gasteiger partial charge in [0.25, 0.3) is 5.91 Å². The maximum Gasteiger partial charge on any atom is 0.408 e. The molecule has 0 unspecified atom stereocenters. The van der Waals surface area contributed by atoms with E-state index in [0.717, 1.165) is 0 Å². The third kappa shape index (κ3) is 8.25. The molecule has 3 N–H and O–H groups in total. The van der Waals surface area contributed by atoms with Gasteiger partial charge in [0.05, 0.1) is 24.6 Å². The number of hydrogen-bond donors (Lipinski definition) is 3. The summed E-state index contributed by atoms with van der Waals surface area (Å²) in [5.41, 5.74) is -3.13. The molecule has 1 aromatic heterocycles. The molecule has 0 bridgehead atoms. The van der Waals surface area contributed by atoms with E-state index in [1.165, 1.54) is 13.3 Å². The zero-order chi connectivity index (χ0) is 37.7. The standard InChI is InChI=1S/C35H46ClN5O9S/c1-9-19-16-35(19,31(44)40-51(46,47)22-11-12-22)41-18-21(49-30-24-14-20(36)10-13-23(24)26(48-8)17-37-30)15-25(41)28(42)39-29(43)27(33(2,3)4)38-32(45)50-34(5,6)7/h9-10,13-14,17,19,21-22,25,27H,1,11-12,15-16,18H2,2-8H3,(H,38,45)(H,40,44)(H,39,42,43)/t19-,21-,25+,27-,35-/m1/s1. The number of methoxy groups -OCH3 is 1. The van der Waals surface area contributed by atoms with Crippen LogP contribution in [-0.2, 0) is 29.1 Å². The number of halogens is 1. The van der Waals surface area contributed by atoms with Crippen LogP contribution in [0.5, 0.6) is 11.6 Å². The third-order valence-corrected chi connectivity index (χ3v) is 11.3. The Hall–Kier alpha value is -3.95. The average molecular weight is 748 g/mol. The molecule has 4 amide bonds. The molecule has 1 aliphatic heterocycles. The molecule has 5 atom stereocenters. The predicted octanol–water partition coefficient (Wildman–Crippen LogP) is 3.85. The van der Waals surface area contributed by atoms with Gasteiger partial charge in [0.2, 0.25) is 27.7 Å². The number of ether oxygens (including phenoxy) is 3. The first-order chi connectivity index (χ1) is 23.7. The van der Waals surface area contributed by atoms with Gasteiger partial charge in [-0.2, -0.15) is 0 Å². The van der Waals surface area contributed by atoms with Crippen molar-refractivity contribution >= 4 is 56.2 Å². The lowest BCUT2D eigenvalue weighted by atomic mass is 9.86. The summed E-state index contributed by atoms with van der Waals surface area (Å²) in [6.45, 7) is 14.1. The molecule has 2 saturated carbocycles. The normalized spacial score (nSPS) is 24.3. The van der Waals surface area contributed by atoms with Crippen LogP contribution in [-0.4, -0.2) is 90.3 Å². The fourth-order valence-electron chi connectivity index (χ4n) is 6.48. The Morgan fingerprint density at radius 2 is 1.80 bits per heavy atom. The largest absolute Gasteiger partial charge is 0.494 e. The van der Waals surface area contributed by atoms with Gasteiger partial charge in [-0.15, -0.1) is 6.58 Å². The Bertz CT molecular complexity index is 1850. The summed E-state index contributed by atoms with van der Waals surface area (Å²) < 4.78 is 45.3. The van der Waals surface area contributed by atoms with Gasteiger partial charge in [-0.25, -0.2) is 18.2 Å². The summed E-state index contributed by atoms with van der Waals surface area (Å²) in [7, 11) is -2.42. The van der Waals surface area contributed by atoms with E-state index in [-0.39, 0.29) is 25.3 Å². The van der Waals surface area contributed by atoms with Gasteiger partial charge < -0.3 is 19.5 Å². The van der Waals surface area contributed by atoms with Crippen LogP contribution >= 0.6 is 11.6 Å². The van der Waals surface area contributed by atoms with Gasteiger partial charge in [-0.05, 0) is 63.6 Å². The van der Waals surface area contributed by atoms with E-state index < -0.39 is 79.7 Å². The molecule has 51 heavy (non-hydrogen) atoms. The number of rotatable bonds is 11. The molecule has 14 nitrogen and oxygen atoms in total. The number of alkyl carbamates (subject to hydrolysis) is 1. The van der Waals surface area contributed by atoms with E-state index in [2.05, 4.69) is 26.9 Å². The average Bonchev–Trinajstić information content (AvgIpc) is 3.95. The molecule has 3 aliphatic rings. The minimum absolute atomic E-state index is 0.00212. The maximum absolute atomic E-state index is 14.1. The number of likely N-dealkylation sites (tertiary alicyclic amines) is 1. The second kappa shape index (κ2) is 13.9. The monoisotopic (exact) mass is 747 g/mol. The van der Waals surface area contributed by atoms with Crippen molar-refractivity contribution in [2.75, 3.05) is 13.7 Å². The molecule has 0 spiro atoms. The first-order valence-corrected chi connectivity index (χ1v) is 18.7. The predicted molar refractivity (Wildman–Crippen MR) is 190 cm³/mol. The van der Waals surface area contributed by atoms with Crippen molar-refractivity contribution in [2.24, 2.45) is 11.3 Å². The Morgan fingerprint density at radius 1 is 1.12 bits per heavy atom. The lowest BCUT2D eigenvalue weighted by molar-refractivity contribution is -0.137. The molecule has 2 aromatic rings. The lowest BCUT2D eigenvalue weighted by Gasteiger charge is -2.34. The van der Waals surface area contributed by atoms with Gasteiger partial charge in [0.1, 0.15) is 29.0 Å². The van der Waals surface area contributed by atoms with Crippen LogP contribution in [0.4, 0.5) is 4.79 Å². The number of nitrogens with zero attached hydrogens (tertiary/aromatic N) is 2. The van der Waals surface area contributed by atoms with Gasteiger partial charge in [-0.3, -0.25) is 29.3 Å². The third-order valence-electron chi connectivity index (χ3n) is 9.25.